The number of carbonyl (C=O) groups is 2. The largest absolute Gasteiger partial charge is 0.550 e. The molecule has 0 unspecified atom stereocenters. The van der Waals surface area contributed by atoms with E-state index in [1.54, 1.807) is 0 Å². The van der Waals surface area contributed by atoms with Crippen LogP contribution in [0.1, 0.15) is 6.42 Å². The van der Waals surface area contributed by atoms with Crippen molar-refractivity contribution < 1.29 is 14.7 Å². The molecule has 4 heteroatoms. The normalized spacial score (nSPS) is 26.7. The van der Waals surface area contributed by atoms with Crippen molar-refractivity contribution in [1.82, 2.24) is 0 Å². The van der Waals surface area contributed by atoms with Crippen LogP contribution in [-0.2, 0) is 9.59 Å². The van der Waals surface area contributed by atoms with E-state index in [0.29, 0.717) is 5.75 Å². The molecule has 0 aromatic rings. The van der Waals surface area contributed by atoms with Crippen LogP contribution in [0.4, 0.5) is 0 Å². The van der Waals surface area contributed by atoms with E-state index in [2.05, 4.69) is 0 Å². The van der Waals surface area contributed by atoms with E-state index in [1.165, 1.54) is 0 Å². The lowest BCUT2D eigenvalue weighted by Gasteiger charge is -2.05. The van der Waals surface area contributed by atoms with Gasteiger partial charge in [0, 0.05) is 24.1 Å². The first-order valence-corrected chi connectivity index (χ1v) is 3.55. The number of carboxylic acid groups (broad SMARTS) is 1. The lowest BCUT2D eigenvalue weighted by atomic mass is 10.1. The molecular weight excluding hydrogens is 140 g/mol. The topological polar surface area (TPSA) is 57.2 Å². The molecule has 1 aliphatic rings. The van der Waals surface area contributed by atoms with Crippen LogP contribution in [0, 0.1) is 5.92 Å². The van der Waals surface area contributed by atoms with Gasteiger partial charge in [0.1, 0.15) is 0 Å². The second-order valence-electron chi connectivity index (χ2n) is 1.90. The van der Waals surface area contributed by atoms with Crippen molar-refractivity contribution in [3.05, 3.63) is 0 Å². The van der Waals surface area contributed by atoms with E-state index in [9.17, 15) is 14.7 Å². The van der Waals surface area contributed by atoms with Crippen LogP contribution in [0.15, 0.2) is 0 Å². The van der Waals surface area contributed by atoms with Gasteiger partial charge in [0.05, 0.1) is 0 Å². The van der Waals surface area contributed by atoms with Gasteiger partial charge < -0.3 is 9.90 Å². The quantitative estimate of drug-likeness (QED) is 0.475. The first kappa shape index (κ1) is 6.61. The third kappa shape index (κ3) is 1.45. The fourth-order valence-corrected chi connectivity index (χ4v) is 1.62. The summed E-state index contributed by atoms with van der Waals surface area (Å²) in [6, 6.07) is 0. The number of carboxylic acids is 1. The molecule has 1 heterocycles. The maximum absolute atomic E-state index is 10.4. The average molecular weight is 145 g/mol. The predicted octanol–water partition coefficient (Wildman–Crippen LogP) is -0.984. The Labute approximate surface area is 56.4 Å². The zero-order valence-electron chi connectivity index (χ0n) is 4.62. The Hall–Kier alpha value is -0.510. The van der Waals surface area contributed by atoms with Crippen molar-refractivity contribution in [3.8, 4) is 0 Å². The number of carbonyl (C=O) groups excluding carboxylic acids is 2. The van der Waals surface area contributed by atoms with Gasteiger partial charge in [-0.3, -0.25) is 4.79 Å². The monoisotopic (exact) mass is 145 g/mol. The number of thioether (sulfide) groups is 1. The van der Waals surface area contributed by atoms with Crippen molar-refractivity contribution in [2.24, 2.45) is 5.92 Å². The zero-order chi connectivity index (χ0) is 6.85. The Balaban J connectivity index is 2.48. The molecule has 0 bridgehead atoms. The Bertz CT molecular complexity index is 154. The van der Waals surface area contributed by atoms with Gasteiger partial charge in [0.25, 0.3) is 0 Å². The van der Waals surface area contributed by atoms with Crippen LogP contribution in [0.25, 0.3) is 0 Å². The zero-order valence-corrected chi connectivity index (χ0v) is 5.44. The Morgan fingerprint density at radius 2 is 2.44 bits per heavy atom. The van der Waals surface area contributed by atoms with E-state index in [-0.39, 0.29) is 11.5 Å². The molecule has 1 fully saturated rings. The average Bonchev–Trinajstić information content (AvgIpc) is 2.14. The van der Waals surface area contributed by atoms with Gasteiger partial charge in [0.2, 0.25) is 0 Å². The van der Waals surface area contributed by atoms with Crippen molar-refractivity contribution in [2.75, 3.05) is 5.75 Å². The van der Waals surface area contributed by atoms with Gasteiger partial charge in [-0.05, 0) is 0 Å². The Kier molecular flexibility index (Phi) is 1.75. The number of rotatable bonds is 1. The molecular formula is C5H5O3S-. The summed E-state index contributed by atoms with van der Waals surface area (Å²) in [5, 5.41) is 10.0. The highest BCUT2D eigenvalue weighted by molar-refractivity contribution is 8.14. The summed E-state index contributed by atoms with van der Waals surface area (Å²) in [5.74, 6) is -1.25. The van der Waals surface area contributed by atoms with Gasteiger partial charge in [-0.1, -0.05) is 11.8 Å². The van der Waals surface area contributed by atoms with Gasteiger partial charge in [-0.25, -0.2) is 0 Å². The molecule has 1 rings (SSSR count). The number of hydrogen-bond acceptors (Lipinski definition) is 4. The highest BCUT2D eigenvalue weighted by atomic mass is 32.2. The molecule has 0 radical (unpaired) electrons. The van der Waals surface area contributed by atoms with Gasteiger partial charge in [0.15, 0.2) is 5.12 Å². The summed E-state index contributed by atoms with van der Waals surface area (Å²) < 4.78 is 0. The molecule has 0 aromatic heterocycles. The minimum Gasteiger partial charge on any atom is -0.550 e. The summed E-state index contributed by atoms with van der Waals surface area (Å²) in [5.41, 5.74) is 0. The molecule has 3 nitrogen and oxygen atoms in total. The van der Waals surface area contributed by atoms with E-state index >= 15 is 0 Å². The van der Waals surface area contributed by atoms with Crippen LogP contribution >= 0.6 is 11.8 Å². The first-order valence-electron chi connectivity index (χ1n) is 2.56. The molecule has 0 spiro atoms. The van der Waals surface area contributed by atoms with Crippen LogP contribution in [0.5, 0.6) is 0 Å². The molecule has 0 saturated carbocycles. The molecule has 0 amide bonds. The molecule has 50 valence electrons. The van der Waals surface area contributed by atoms with Crippen molar-refractivity contribution in [2.45, 2.75) is 6.42 Å². The molecule has 0 N–H and O–H groups in total. The van der Waals surface area contributed by atoms with Crippen molar-refractivity contribution >= 4 is 22.8 Å². The molecule has 9 heavy (non-hydrogen) atoms. The summed E-state index contributed by atoms with van der Waals surface area (Å²) in [4.78, 5) is 20.5. The fourth-order valence-electron chi connectivity index (χ4n) is 0.664. The van der Waals surface area contributed by atoms with Crippen LogP contribution in [0.2, 0.25) is 0 Å². The van der Waals surface area contributed by atoms with Gasteiger partial charge in [-0.2, -0.15) is 0 Å². The van der Waals surface area contributed by atoms with Crippen LogP contribution in [0.3, 0.4) is 0 Å². The highest BCUT2D eigenvalue weighted by Gasteiger charge is 2.23. The summed E-state index contributed by atoms with van der Waals surface area (Å²) in [6.07, 6.45) is 0.146. The van der Waals surface area contributed by atoms with E-state index in [1.807, 2.05) is 0 Å². The molecule has 1 saturated heterocycles. The Morgan fingerprint density at radius 3 is 2.67 bits per heavy atom. The van der Waals surface area contributed by atoms with Crippen molar-refractivity contribution in [3.63, 3.8) is 0 Å². The third-order valence-electron chi connectivity index (χ3n) is 1.19. The van der Waals surface area contributed by atoms with Crippen LogP contribution < -0.4 is 5.11 Å². The highest BCUT2D eigenvalue weighted by Crippen LogP contribution is 2.24. The summed E-state index contributed by atoms with van der Waals surface area (Å²) in [6.45, 7) is 0. The first-order chi connectivity index (χ1) is 4.20. The van der Waals surface area contributed by atoms with Gasteiger partial charge >= 0.3 is 0 Å². The summed E-state index contributed by atoms with van der Waals surface area (Å²) >= 11 is 1.07. The third-order valence-corrected chi connectivity index (χ3v) is 2.25. The lowest BCUT2D eigenvalue weighted by Crippen LogP contribution is -2.31. The van der Waals surface area contributed by atoms with E-state index in [0.717, 1.165) is 11.8 Å². The summed E-state index contributed by atoms with van der Waals surface area (Å²) in [7, 11) is 0. The number of aliphatic carboxylic acids is 1. The smallest absolute Gasteiger partial charge is 0.189 e. The standard InChI is InChI=1S/C5H6O3S/c6-4-1-3(2-9-4)5(7)8/h3H,1-2H2,(H,7,8)/p-1/t3-/m1/s1. The minimum atomic E-state index is -1.10. The molecule has 1 aliphatic heterocycles. The maximum atomic E-state index is 10.4. The minimum absolute atomic E-state index is 0.0378. The lowest BCUT2D eigenvalue weighted by molar-refractivity contribution is -0.310. The number of hydrogen-bond donors (Lipinski definition) is 0. The molecule has 0 aliphatic carbocycles. The molecule has 0 aromatic carbocycles. The fraction of sp³-hybridized carbons (Fsp3) is 0.600. The second kappa shape index (κ2) is 2.39. The van der Waals surface area contributed by atoms with E-state index in [4.69, 9.17) is 0 Å². The molecule has 1 atom stereocenters. The Morgan fingerprint density at radius 1 is 1.78 bits per heavy atom. The van der Waals surface area contributed by atoms with Crippen molar-refractivity contribution in [1.29, 1.82) is 0 Å². The second-order valence-corrected chi connectivity index (χ2v) is 2.98. The van der Waals surface area contributed by atoms with Crippen LogP contribution in [-0.4, -0.2) is 16.8 Å². The predicted molar refractivity (Wildman–Crippen MR) is 30.6 cm³/mol. The van der Waals surface area contributed by atoms with Gasteiger partial charge in [-0.15, -0.1) is 0 Å². The SMILES string of the molecule is O=C1C[C@@H](C(=O)[O-])CS1. The van der Waals surface area contributed by atoms with E-state index < -0.39 is 11.9 Å². The maximum Gasteiger partial charge on any atom is 0.189 e.